The molecule has 0 atom stereocenters. The number of carbonyl (C=O) groups is 1. The highest BCUT2D eigenvalue weighted by Gasteiger charge is 2.15. The molecule has 16 heavy (non-hydrogen) atoms. The molecule has 0 bridgehead atoms. The van der Waals surface area contributed by atoms with E-state index in [1.807, 2.05) is 35.0 Å². The van der Waals surface area contributed by atoms with E-state index in [-0.39, 0.29) is 5.91 Å². The molecule has 2 rings (SSSR count). The largest absolute Gasteiger partial charge is 0.357 e. The predicted molar refractivity (Wildman–Crippen MR) is 63.2 cm³/mol. The first-order valence-corrected chi connectivity index (χ1v) is 5.85. The Labute approximate surface area is 96.2 Å². The highest BCUT2D eigenvalue weighted by atomic mass is 16.2. The molecule has 1 N–H and O–H groups in total. The number of hydrogen-bond donors (Lipinski definition) is 1. The standard InChI is InChI=1S/C12H19N3O/c1-14-7-3-11(10-14)9-12(16)15-6-2-4-13-5-8-15/h3,7,10,13H,2,4-6,8-9H2,1H3. The number of carbonyl (C=O) groups excluding carboxylic acids is 1. The predicted octanol–water partition coefficient (Wildman–Crippen LogP) is 0.390. The molecule has 0 unspecified atom stereocenters. The van der Waals surface area contributed by atoms with Crippen LogP contribution in [-0.2, 0) is 18.3 Å². The summed E-state index contributed by atoms with van der Waals surface area (Å²) in [4.78, 5) is 14.0. The summed E-state index contributed by atoms with van der Waals surface area (Å²) >= 11 is 0. The highest BCUT2D eigenvalue weighted by Crippen LogP contribution is 2.05. The minimum Gasteiger partial charge on any atom is -0.357 e. The second kappa shape index (κ2) is 5.16. The molecule has 4 nitrogen and oxygen atoms in total. The Hall–Kier alpha value is -1.29. The van der Waals surface area contributed by atoms with E-state index in [1.54, 1.807) is 0 Å². The smallest absolute Gasteiger partial charge is 0.227 e. The van der Waals surface area contributed by atoms with E-state index < -0.39 is 0 Å². The van der Waals surface area contributed by atoms with E-state index in [0.717, 1.165) is 38.2 Å². The van der Waals surface area contributed by atoms with Crippen LogP contribution in [0.25, 0.3) is 0 Å². The normalized spacial score (nSPS) is 17.2. The van der Waals surface area contributed by atoms with Crippen molar-refractivity contribution in [2.24, 2.45) is 7.05 Å². The Morgan fingerprint density at radius 2 is 2.31 bits per heavy atom. The zero-order valence-electron chi connectivity index (χ0n) is 9.78. The molecule has 1 amide bonds. The van der Waals surface area contributed by atoms with Crippen molar-refractivity contribution in [3.05, 3.63) is 24.0 Å². The minimum atomic E-state index is 0.245. The van der Waals surface area contributed by atoms with Gasteiger partial charge in [0.1, 0.15) is 0 Å². The van der Waals surface area contributed by atoms with Crippen LogP contribution in [0.2, 0.25) is 0 Å². The summed E-state index contributed by atoms with van der Waals surface area (Å²) < 4.78 is 1.98. The minimum absolute atomic E-state index is 0.245. The van der Waals surface area contributed by atoms with Crippen LogP contribution in [0.5, 0.6) is 0 Å². The van der Waals surface area contributed by atoms with Crippen molar-refractivity contribution in [1.82, 2.24) is 14.8 Å². The van der Waals surface area contributed by atoms with Crippen LogP contribution in [-0.4, -0.2) is 41.6 Å². The zero-order valence-corrected chi connectivity index (χ0v) is 9.78. The van der Waals surface area contributed by atoms with Gasteiger partial charge in [0.05, 0.1) is 6.42 Å². The van der Waals surface area contributed by atoms with Gasteiger partial charge in [0, 0.05) is 39.1 Å². The van der Waals surface area contributed by atoms with Crippen LogP contribution in [0.1, 0.15) is 12.0 Å². The molecule has 2 heterocycles. The number of aromatic nitrogens is 1. The third-order valence-corrected chi connectivity index (χ3v) is 2.94. The summed E-state index contributed by atoms with van der Waals surface area (Å²) in [5.74, 6) is 0.245. The monoisotopic (exact) mass is 221 g/mol. The Morgan fingerprint density at radius 3 is 3.06 bits per heavy atom. The quantitative estimate of drug-likeness (QED) is 0.784. The van der Waals surface area contributed by atoms with Gasteiger partial charge in [-0.25, -0.2) is 0 Å². The second-order valence-corrected chi connectivity index (χ2v) is 4.35. The van der Waals surface area contributed by atoms with E-state index in [2.05, 4.69) is 5.32 Å². The number of nitrogens with zero attached hydrogens (tertiary/aromatic N) is 2. The van der Waals surface area contributed by atoms with Gasteiger partial charge < -0.3 is 14.8 Å². The maximum absolute atomic E-state index is 12.0. The lowest BCUT2D eigenvalue weighted by atomic mass is 10.2. The Balaban J connectivity index is 1.91. The molecule has 88 valence electrons. The van der Waals surface area contributed by atoms with Gasteiger partial charge in [-0.05, 0) is 24.6 Å². The summed E-state index contributed by atoms with van der Waals surface area (Å²) in [6, 6.07) is 2.01. The van der Waals surface area contributed by atoms with Crippen LogP contribution >= 0.6 is 0 Å². The summed E-state index contributed by atoms with van der Waals surface area (Å²) in [7, 11) is 1.98. The van der Waals surface area contributed by atoms with Crippen molar-refractivity contribution in [2.75, 3.05) is 26.2 Å². The molecule has 0 radical (unpaired) electrons. The van der Waals surface area contributed by atoms with Gasteiger partial charge >= 0.3 is 0 Å². The van der Waals surface area contributed by atoms with E-state index in [0.29, 0.717) is 6.42 Å². The van der Waals surface area contributed by atoms with Crippen LogP contribution < -0.4 is 5.32 Å². The van der Waals surface area contributed by atoms with E-state index in [1.165, 1.54) is 0 Å². The molecular weight excluding hydrogens is 202 g/mol. The lowest BCUT2D eigenvalue weighted by Crippen LogP contribution is -2.35. The molecule has 1 aromatic rings. The van der Waals surface area contributed by atoms with E-state index in [4.69, 9.17) is 0 Å². The van der Waals surface area contributed by atoms with Crippen molar-refractivity contribution in [1.29, 1.82) is 0 Å². The lowest BCUT2D eigenvalue weighted by molar-refractivity contribution is -0.130. The number of amides is 1. The average Bonchev–Trinajstić information content (AvgIpc) is 2.56. The fourth-order valence-corrected chi connectivity index (χ4v) is 2.05. The fraction of sp³-hybridized carbons (Fsp3) is 0.583. The molecule has 0 spiro atoms. The molecule has 1 aliphatic heterocycles. The van der Waals surface area contributed by atoms with Crippen molar-refractivity contribution < 1.29 is 4.79 Å². The van der Waals surface area contributed by atoms with Gasteiger partial charge in [-0.2, -0.15) is 0 Å². The summed E-state index contributed by atoms with van der Waals surface area (Å²) in [5, 5.41) is 3.30. The molecule has 1 aromatic heterocycles. The average molecular weight is 221 g/mol. The van der Waals surface area contributed by atoms with Crippen LogP contribution in [0.3, 0.4) is 0 Å². The third kappa shape index (κ3) is 2.85. The molecule has 0 aliphatic carbocycles. The molecule has 4 heteroatoms. The molecular formula is C12H19N3O. The second-order valence-electron chi connectivity index (χ2n) is 4.35. The van der Waals surface area contributed by atoms with E-state index in [9.17, 15) is 4.79 Å². The molecule has 1 saturated heterocycles. The maximum atomic E-state index is 12.0. The third-order valence-electron chi connectivity index (χ3n) is 2.94. The van der Waals surface area contributed by atoms with Crippen molar-refractivity contribution >= 4 is 5.91 Å². The Bertz CT molecular complexity index is 351. The fourth-order valence-electron chi connectivity index (χ4n) is 2.05. The van der Waals surface area contributed by atoms with Gasteiger partial charge in [-0.15, -0.1) is 0 Å². The first kappa shape index (κ1) is 11.2. The van der Waals surface area contributed by atoms with Gasteiger partial charge in [0.25, 0.3) is 0 Å². The molecule has 0 saturated carbocycles. The number of aryl methyl sites for hydroxylation is 1. The number of hydrogen-bond acceptors (Lipinski definition) is 2. The van der Waals surface area contributed by atoms with Crippen LogP contribution in [0, 0.1) is 0 Å². The summed E-state index contributed by atoms with van der Waals surface area (Å²) in [6.07, 6.45) is 5.57. The Morgan fingerprint density at radius 1 is 1.44 bits per heavy atom. The van der Waals surface area contributed by atoms with Crippen LogP contribution in [0.15, 0.2) is 18.5 Å². The first-order chi connectivity index (χ1) is 7.75. The molecule has 1 fully saturated rings. The Kier molecular flexibility index (Phi) is 3.62. The number of rotatable bonds is 2. The number of nitrogens with one attached hydrogen (secondary N) is 1. The highest BCUT2D eigenvalue weighted by molar-refractivity contribution is 5.78. The molecule has 0 aromatic carbocycles. The van der Waals surface area contributed by atoms with Gasteiger partial charge in [0.2, 0.25) is 5.91 Å². The SMILES string of the molecule is Cn1ccc(CC(=O)N2CCCNCC2)c1. The van der Waals surface area contributed by atoms with E-state index >= 15 is 0 Å². The maximum Gasteiger partial charge on any atom is 0.227 e. The van der Waals surface area contributed by atoms with Crippen LogP contribution in [0.4, 0.5) is 0 Å². The van der Waals surface area contributed by atoms with Crippen molar-refractivity contribution in [3.63, 3.8) is 0 Å². The van der Waals surface area contributed by atoms with Crippen molar-refractivity contribution in [2.45, 2.75) is 12.8 Å². The lowest BCUT2D eigenvalue weighted by Gasteiger charge is -2.19. The van der Waals surface area contributed by atoms with Gasteiger partial charge in [0.15, 0.2) is 0 Å². The van der Waals surface area contributed by atoms with Gasteiger partial charge in [-0.1, -0.05) is 0 Å². The topological polar surface area (TPSA) is 37.3 Å². The van der Waals surface area contributed by atoms with Gasteiger partial charge in [-0.3, -0.25) is 4.79 Å². The zero-order chi connectivity index (χ0) is 11.4. The molecule has 1 aliphatic rings. The summed E-state index contributed by atoms with van der Waals surface area (Å²) in [6.45, 7) is 3.67. The summed E-state index contributed by atoms with van der Waals surface area (Å²) in [5.41, 5.74) is 1.10. The first-order valence-electron chi connectivity index (χ1n) is 5.85. The van der Waals surface area contributed by atoms with Crippen molar-refractivity contribution in [3.8, 4) is 0 Å².